The van der Waals surface area contributed by atoms with Crippen LogP contribution in [0, 0.1) is 28.6 Å². The molecule has 7 atom stereocenters. The molecule has 5 aliphatic rings. The number of fused-ring (bicyclic) bond motifs is 1. The quantitative estimate of drug-likeness (QED) is 0.403. The van der Waals surface area contributed by atoms with Crippen molar-refractivity contribution in [1.29, 1.82) is 0 Å². The molecule has 0 amide bonds. The molecule has 0 aromatic heterocycles. The molecule has 0 bridgehead atoms. The van der Waals surface area contributed by atoms with Crippen LogP contribution in [0.25, 0.3) is 0 Å². The molecule has 1 heterocycles. The fraction of sp³-hybridized carbons (Fsp3) is 0.719. The Morgan fingerprint density at radius 2 is 1.84 bits per heavy atom. The second kappa shape index (κ2) is 9.81. The Hall–Kier alpha value is -1.69. The normalized spacial score (nSPS) is 40.5. The first kappa shape index (κ1) is 26.9. The van der Waals surface area contributed by atoms with Crippen LogP contribution in [-0.4, -0.2) is 51.7 Å². The molecule has 0 radical (unpaired) electrons. The van der Waals surface area contributed by atoms with Crippen LogP contribution in [0.1, 0.15) is 85.5 Å². The van der Waals surface area contributed by atoms with E-state index < -0.39 is 18.3 Å². The van der Waals surface area contributed by atoms with E-state index in [4.69, 9.17) is 4.74 Å². The largest absolute Gasteiger partial charge is 0.473 e. The van der Waals surface area contributed by atoms with Crippen LogP contribution in [0.15, 0.2) is 52.6 Å². The van der Waals surface area contributed by atoms with E-state index in [9.17, 15) is 15.3 Å². The van der Waals surface area contributed by atoms with Crippen molar-refractivity contribution in [2.75, 3.05) is 6.54 Å². The summed E-state index contributed by atoms with van der Waals surface area (Å²) >= 11 is 0. The molecule has 5 nitrogen and oxygen atoms in total. The number of hydrogen-bond donors (Lipinski definition) is 3. The molecule has 5 rings (SSSR count). The molecule has 0 aromatic carbocycles. The summed E-state index contributed by atoms with van der Waals surface area (Å²) < 4.78 is 6.10. The molecule has 0 aromatic rings. The smallest absolute Gasteiger partial charge is 0.193 e. The highest BCUT2D eigenvalue weighted by molar-refractivity contribution is 5.88. The average Bonchev–Trinajstić information content (AvgIpc) is 3.45. The highest BCUT2D eigenvalue weighted by Gasteiger charge is 2.57. The van der Waals surface area contributed by atoms with Crippen LogP contribution in [-0.2, 0) is 4.74 Å². The summed E-state index contributed by atoms with van der Waals surface area (Å²) in [6, 6.07) is 0. The zero-order valence-electron chi connectivity index (χ0n) is 23.2. The lowest BCUT2D eigenvalue weighted by molar-refractivity contribution is 0.0862. The predicted octanol–water partition coefficient (Wildman–Crippen LogP) is 5.67. The van der Waals surface area contributed by atoms with E-state index >= 15 is 0 Å². The van der Waals surface area contributed by atoms with Crippen LogP contribution in [0.4, 0.5) is 0 Å². The van der Waals surface area contributed by atoms with Crippen molar-refractivity contribution < 1.29 is 20.1 Å². The first-order valence-electron chi connectivity index (χ1n) is 14.5. The number of aliphatic hydroxyl groups excluding tert-OH is 3. The van der Waals surface area contributed by atoms with Crippen molar-refractivity contribution in [3.05, 3.63) is 47.6 Å². The van der Waals surface area contributed by atoms with Crippen molar-refractivity contribution in [3.63, 3.8) is 0 Å². The highest BCUT2D eigenvalue weighted by Crippen LogP contribution is 2.60. The van der Waals surface area contributed by atoms with Gasteiger partial charge in [0.05, 0.1) is 30.3 Å². The molecule has 0 unspecified atom stereocenters. The molecule has 204 valence electrons. The maximum absolute atomic E-state index is 11.1. The van der Waals surface area contributed by atoms with Gasteiger partial charge in [-0.15, -0.1) is 0 Å². The Bertz CT molecular complexity index is 1030. The third-order valence-electron chi connectivity index (χ3n) is 10.3. The number of rotatable bonds is 6. The predicted molar refractivity (Wildman–Crippen MR) is 148 cm³/mol. The summed E-state index contributed by atoms with van der Waals surface area (Å²) in [5.41, 5.74) is 2.93. The van der Waals surface area contributed by atoms with Crippen molar-refractivity contribution in [1.82, 2.24) is 0 Å². The van der Waals surface area contributed by atoms with E-state index in [1.807, 2.05) is 6.08 Å². The van der Waals surface area contributed by atoms with Crippen LogP contribution in [0.3, 0.4) is 0 Å². The minimum absolute atomic E-state index is 0.250. The molecule has 5 heteroatoms. The SMILES string of the molecule is C=C1C(=CC=C2CCC[C@]3(C)[C@@H]([C@H](C)C=C[C@H](O)C4(C5=NCC(C)(C)O5)CC4)CC[C@@H]23)C[C@@H](O)C[C@@H]1O. The van der Waals surface area contributed by atoms with Gasteiger partial charge in [0, 0.05) is 6.42 Å². The van der Waals surface area contributed by atoms with Gasteiger partial charge in [-0.3, -0.25) is 4.99 Å². The fourth-order valence-electron chi connectivity index (χ4n) is 7.83. The van der Waals surface area contributed by atoms with E-state index in [0.717, 1.165) is 36.3 Å². The molecule has 3 N–H and O–H groups in total. The van der Waals surface area contributed by atoms with Crippen LogP contribution in [0.5, 0.6) is 0 Å². The summed E-state index contributed by atoms with van der Waals surface area (Å²) in [6.45, 7) is 13.7. The first-order chi connectivity index (χ1) is 17.4. The van der Waals surface area contributed by atoms with Gasteiger partial charge < -0.3 is 20.1 Å². The zero-order valence-corrected chi connectivity index (χ0v) is 23.2. The Kier molecular flexibility index (Phi) is 7.13. The standard InChI is InChI=1S/C32H47NO4/c1-20(8-13-28(36)32(15-16-32)29-33-19-30(3,4)37-29)25-11-12-26-22(7-6-14-31(25,26)5)9-10-23-17-24(34)18-27(35)21(23)2/h8-10,13,20,24-28,34-36H,2,6-7,11-12,14-19H2,1,3-5H3/t20-,24-,25-,26+,27+,28+,31-/m1/s1. The molecule has 0 saturated heterocycles. The van der Waals surface area contributed by atoms with E-state index in [2.05, 4.69) is 57.5 Å². The van der Waals surface area contributed by atoms with Gasteiger partial charge in [-0.05, 0) is 99.5 Å². The van der Waals surface area contributed by atoms with Crippen LogP contribution in [0.2, 0.25) is 0 Å². The van der Waals surface area contributed by atoms with Gasteiger partial charge in [0.1, 0.15) is 5.60 Å². The maximum Gasteiger partial charge on any atom is 0.193 e. The number of nitrogens with zero attached hydrogens (tertiary/aromatic N) is 1. The van der Waals surface area contributed by atoms with Gasteiger partial charge in [-0.1, -0.05) is 50.3 Å². The van der Waals surface area contributed by atoms with Gasteiger partial charge in [0.15, 0.2) is 5.90 Å². The van der Waals surface area contributed by atoms with Crippen molar-refractivity contribution >= 4 is 5.90 Å². The third-order valence-corrected chi connectivity index (χ3v) is 10.3. The summed E-state index contributed by atoms with van der Waals surface area (Å²) in [4.78, 5) is 4.64. The Morgan fingerprint density at radius 1 is 1.08 bits per heavy atom. The van der Waals surface area contributed by atoms with Crippen LogP contribution < -0.4 is 0 Å². The molecular formula is C32H47NO4. The average molecular weight is 510 g/mol. The maximum atomic E-state index is 11.1. The second-order valence-electron chi connectivity index (χ2n) is 13.5. The minimum atomic E-state index is -0.641. The molecule has 1 aliphatic heterocycles. The lowest BCUT2D eigenvalue weighted by Gasteiger charge is -2.44. The van der Waals surface area contributed by atoms with E-state index in [1.165, 1.54) is 31.3 Å². The molecular weight excluding hydrogens is 462 g/mol. The Balaban J connectivity index is 1.27. The Morgan fingerprint density at radius 3 is 2.51 bits per heavy atom. The summed E-state index contributed by atoms with van der Waals surface area (Å²) in [7, 11) is 0. The van der Waals surface area contributed by atoms with E-state index in [-0.39, 0.29) is 16.4 Å². The van der Waals surface area contributed by atoms with Crippen molar-refractivity contribution in [2.24, 2.45) is 33.6 Å². The second-order valence-corrected chi connectivity index (χ2v) is 13.5. The van der Waals surface area contributed by atoms with Gasteiger partial charge >= 0.3 is 0 Å². The molecule has 4 saturated carbocycles. The molecule has 4 fully saturated rings. The van der Waals surface area contributed by atoms with Crippen molar-refractivity contribution in [3.8, 4) is 0 Å². The molecule has 4 aliphatic carbocycles. The topological polar surface area (TPSA) is 82.3 Å². The fourth-order valence-corrected chi connectivity index (χ4v) is 7.83. The third kappa shape index (κ3) is 5.04. The number of hydrogen-bond acceptors (Lipinski definition) is 5. The number of aliphatic imine (C=N–C) groups is 1. The lowest BCUT2D eigenvalue weighted by Crippen LogP contribution is -2.36. The molecule has 37 heavy (non-hydrogen) atoms. The van der Waals surface area contributed by atoms with Crippen molar-refractivity contribution in [2.45, 2.75) is 109 Å². The summed E-state index contributed by atoms with van der Waals surface area (Å²) in [5.74, 6) is 2.30. The van der Waals surface area contributed by atoms with Gasteiger partial charge in [0.2, 0.25) is 0 Å². The molecule has 0 spiro atoms. The number of allylic oxidation sites excluding steroid dienone is 4. The zero-order chi connectivity index (χ0) is 26.6. The summed E-state index contributed by atoms with van der Waals surface area (Å²) in [5, 5.41) is 31.5. The first-order valence-corrected chi connectivity index (χ1v) is 14.5. The van der Waals surface area contributed by atoms with Gasteiger partial charge in [-0.25, -0.2) is 0 Å². The number of aliphatic hydroxyl groups is 3. The van der Waals surface area contributed by atoms with Crippen LogP contribution >= 0.6 is 0 Å². The lowest BCUT2D eigenvalue weighted by atomic mass is 9.61. The van der Waals surface area contributed by atoms with Gasteiger partial charge in [0.25, 0.3) is 0 Å². The summed E-state index contributed by atoms with van der Waals surface area (Å²) in [6.07, 6.45) is 15.8. The highest BCUT2D eigenvalue weighted by atomic mass is 16.5. The minimum Gasteiger partial charge on any atom is -0.473 e. The van der Waals surface area contributed by atoms with E-state index in [0.29, 0.717) is 37.1 Å². The monoisotopic (exact) mass is 509 g/mol. The van der Waals surface area contributed by atoms with Gasteiger partial charge in [-0.2, -0.15) is 0 Å². The van der Waals surface area contributed by atoms with E-state index in [1.54, 1.807) is 0 Å². The number of ether oxygens (including phenoxy) is 1. The Labute approximate surface area is 223 Å².